The second-order valence-corrected chi connectivity index (χ2v) is 4.51. The van der Waals surface area contributed by atoms with Crippen molar-refractivity contribution in [2.24, 2.45) is 5.41 Å². The van der Waals surface area contributed by atoms with E-state index >= 15 is 0 Å². The van der Waals surface area contributed by atoms with E-state index in [1.165, 1.54) is 19.3 Å². The molecule has 0 unspecified atom stereocenters. The third-order valence-electron chi connectivity index (χ3n) is 3.04. The van der Waals surface area contributed by atoms with Crippen LogP contribution in [0.25, 0.3) is 0 Å². The second-order valence-electron chi connectivity index (χ2n) is 4.51. The topological polar surface area (TPSA) is 21.3 Å². The van der Waals surface area contributed by atoms with Gasteiger partial charge >= 0.3 is 0 Å². The molecule has 0 aromatic carbocycles. The largest absolute Gasteiger partial charge is 0.361 e. The van der Waals surface area contributed by atoms with E-state index < -0.39 is 0 Å². The van der Waals surface area contributed by atoms with E-state index in [2.05, 4.69) is 19.2 Å². The maximum atomic E-state index is 5.71. The van der Waals surface area contributed by atoms with Crippen molar-refractivity contribution in [2.75, 3.05) is 13.2 Å². The Morgan fingerprint density at radius 1 is 1.27 bits per heavy atom. The van der Waals surface area contributed by atoms with E-state index in [4.69, 9.17) is 4.74 Å². The molecule has 11 heavy (non-hydrogen) atoms. The summed E-state index contributed by atoms with van der Waals surface area (Å²) in [5.41, 5.74) is 0.441. The molecule has 0 atom stereocenters. The van der Waals surface area contributed by atoms with Crippen molar-refractivity contribution in [1.29, 1.82) is 0 Å². The molecule has 0 radical (unpaired) electrons. The summed E-state index contributed by atoms with van der Waals surface area (Å²) in [4.78, 5) is 0. The van der Waals surface area contributed by atoms with Gasteiger partial charge in [-0.25, -0.2) is 0 Å². The molecule has 1 saturated heterocycles. The van der Waals surface area contributed by atoms with Crippen molar-refractivity contribution < 1.29 is 4.74 Å². The van der Waals surface area contributed by atoms with Crippen LogP contribution >= 0.6 is 0 Å². The maximum absolute atomic E-state index is 5.71. The molecule has 1 heterocycles. The van der Waals surface area contributed by atoms with Crippen molar-refractivity contribution in [3.05, 3.63) is 0 Å². The highest BCUT2D eigenvalue weighted by Crippen LogP contribution is 2.43. The van der Waals surface area contributed by atoms with Gasteiger partial charge in [-0.2, -0.15) is 0 Å². The van der Waals surface area contributed by atoms with Gasteiger partial charge in [0.25, 0.3) is 0 Å². The third-order valence-corrected chi connectivity index (χ3v) is 3.04. The van der Waals surface area contributed by atoms with Crippen molar-refractivity contribution in [3.8, 4) is 0 Å². The zero-order valence-corrected chi connectivity index (χ0v) is 7.44. The second kappa shape index (κ2) is 2.20. The Labute approximate surface area is 68.3 Å². The van der Waals surface area contributed by atoms with Crippen LogP contribution in [0, 0.1) is 5.41 Å². The molecule has 1 spiro atoms. The first-order chi connectivity index (χ1) is 5.12. The first kappa shape index (κ1) is 7.56. The van der Waals surface area contributed by atoms with E-state index in [1.54, 1.807) is 0 Å². The molecular formula is C9H17NO. The first-order valence-electron chi connectivity index (χ1n) is 4.51. The predicted octanol–water partition coefficient (Wildman–Crippen LogP) is 1.51. The summed E-state index contributed by atoms with van der Waals surface area (Å²) < 4.78 is 5.71. The summed E-state index contributed by atoms with van der Waals surface area (Å²) in [6.45, 7) is 6.31. The molecule has 1 aliphatic heterocycles. The fourth-order valence-electron chi connectivity index (χ4n) is 1.83. The maximum Gasteiger partial charge on any atom is 0.113 e. The van der Waals surface area contributed by atoms with Crippen LogP contribution in [0.2, 0.25) is 0 Å². The van der Waals surface area contributed by atoms with Crippen LogP contribution in [-0.2, 0) is 4.74 Å². The average molecular weight is 155 g/mol. The van der Waals surface area contributed by atoms with Gasteiger partial charge < -0.3 is 4.74 Å². The highest BCUT2D eigenvalue weighted by molar-refractivity contribution is 4.94. The molecule has 1 aliphatic carbocycles. The molecule has 2 heteroatoms. The summed E-state index contributed by atoms with van der Waals surface area (Å²) >= 11 is 0. The number of hydrogen-bond donors (Lipinski definition) is 1. The summed E-state index contributed by atoms with van der Waals surface area (Å²) in [5, 5.41) is 3.43. The summed E-state index contributed by atoms with van der Waals surface area (Å²) in [7, 11) is 0. The van der Waals surface area contributed by atoms with Crippen molar-refractivity contribution in [2.45, 2.75) is 38.8 Å². The standard InChI is InChI=1S/C9H17NO/c1-8(2)10-6-9(7-11-8)4-3-5-9/h10H,3-7H2,1-2H3. The summed E-state index contributed by atoms with van der Waals surface area (Å²) in [5.74, 6) is 0. The molecule has 2 aliphatic rings. The van der Waals surface area contributed by atoms with Crippen LogP contribution in [0.15, 0.2) is 0 Å². The quantitative estimate of drug-likeness (QED) is 0.572. The lowest BCUT2D eigenvalue weighted by Gasteiger charge is -2.49. The van der Waals surface area contributed by atoms with Crippen LogP contribution < -0.4 is 5.32 Å². The minimum atomic E-state index is -0.0825. The van der Waals surface area contributed by atoms with Gasteiger partial charge in [0.1, 0.15) is 5.72 Å². The third kappa shape index (κ3) is 1.30. The molecule has 64 valence electrons. The SMILES string of the molecule is CC1(C)NCC2(CCC2)CO1. The Hall–Kier alpha value is -0.0800. The molecule has 2 rings (SSSR count). The molecule has 0 bridgehead atoms. The van der Waals surface area contributed by atoms with E-state index in [1.807, 2.05) is 0 Å². The van der Waals surface area contributed by atoms with E-state index in [9.17, 15) is 0 Å². The van der Waals surface area contributed by atoms with E-state index in [0.29, 0.717) is 5.41 Å². The molecule has 2 fully saturated rings. The Bertz CT molecular complexity index is 149. The molecule has 0 amide bonds. The lowest BCUT2D eigenvalue weighted by Crippen LogP contribution is -2.58. The number of ether oxygens (including phenoxy) is 1. The number of hydrogen-bond acceptors (Lipinski definition) is 2. The smallest absolute Gasteiger partial charge is 0.113 e. The normalized spacial score (nSPS) is 33.3. The van der Waals surface area contributed by atoms with Crippen LogP contribution in [0.5, 0.6) is 0 Å². The molecule has 0 aromatic heterocycles. The number of nitrogens with one attached hydrogen (secondary N) is 1. The van der Waals surface area contributed by atoms with Gasteiger partial charge in [0.05, 0.1) is 6.61 Å². The Morgan fingerprint density at radius 2 is 2.00 bits per heavy atom. The highest BCUT2D eigenvalue weighted by atomic mass is 16.5. The van der Waals surface area contributed by atoms with Gasteiger partial charge in [-0.3, -0.25) is 5.32 Å². The number of rotatable bonds is 0. The summed E-state index contributed by atoms with van der Waals surface area (Å²) in [6.07, 6.45) is 4.11. The minimum absolute atomic E-state index is 0.0825. The van der Waals surface area contributed by atoms with Crippen molar-refractivity contribution in [1.82, 2.24) is 5.32 Å². The Balaban J connectivity index is 1.94. The Kier molecular flexibility index (Phi) is 1.52. The fraction of sp³-hybridized carbons (Fsp3) is 1.00. The van der Waals surface area contributed by atoms with Gasteiger partial charge in [0.15, 0.2) is 0 Å². The van der Waals surface area contributed by atoms with Crippen LogP contribution in [-0.4, -0.2) is 18.9 Å². The van der Waals surface area contributed by atoms with Gasteiger partial charge in [-0.05, 0) is 26.7 Å². The predicted molar refractivity (Wildman–Crippen MR) is 44.3 cm³/mol. The van der Waals surface area contributed by atoms with Gasteiger partial charge in [0, 0.05) is 12.0 Å². The Morgan fingerprint density at radius 3 is 2.36 bits per heavy atom. The van der Waals surface area contributed by atoms with Crippen LogP contribution in [0.1, 0.15) is 33.1 Å². The fourth-order valence-corrected chi connectivity index (χ4v) is 1.83. The summed E-state index contributed by atoms with van der Waals surface area (Å²) in [6, 6.07) is 0. The van der Waals surface area contributed by atoms with Gasteiger partial charge in [0.2, 0.25) is 0 Å². The van der Waals surface area contributed by atoms with E-state index in [0.717, 1.165) is 13.2 Å². The molecular weight excluding hydrogens is 138 g/mol. The molecule has 1 N–H and O–H groups in total. The van der Waals surface area contributed by atoms with Crippen LogP contribution in [0.4, 0.5) is 0 Å². The zero-order valence-electron chi connectivity index (χ0n) is 7.44. The first-order valence-corrected chi connectivity index (χ1v) is 4.51. The molecule has 2 nitrogen and oxygen atoms in total. The van der Waals surface area contributed by atoms with Crippen molar-refractivity contribution in [3.63, 3.8) is 0 Å². The lowest BCUT2D eigenvalue weighted by atomic mass is 9.68. The molecule has 1 saturated carbocycles. The van der Waals surface area contributed by atoms with Crippen LogP contribution in [0.3, 0.4) is 0 Å². The van der Waals surface area contributed by atoms with Gasteiger partial charge in [-0.1, -0.05) is 6.42 Å². The highest BCUT2D eigenvalue weighted by Gasteiger charge is 2.42. The minimum Gasteiger partial charge on any atom is -0.361 e. The average Bonchev–Trinajstić information content (AvgIpc) is 1.84. The molecule has 0 aromatic rings. The van der Waals surface area contributed by atoms with E-state index in [-0.39, 0.29) is 5.72 Å². The monoisotopic (exact) mass is 155 g/mol. The lowest BCUT2D eigenvalue weighted by molar-refractivity contribution is -0.147. The van der Waals surface area contributed by atoms with Crippen molar-refractivity contribution >= 4 is 0 Å². The zero-order chi connectivity index (χ0) is 7.95. The van der Waals surface area contributed by atoms with Gasteiger partial charge in [-0.15, -0.1) is 0 Å².